The van der Waals surface area contributed by atoms with Gasteiger partial charge in [-0.15, -0.1) is 0 Å². The molecule has 0 spiro atoms. The van der Waals surface area contributed by atoms with E-state index in [0.29, 0.717) is 12.0 Å². The van der Waals surface area contributed by atoms with Crippen LogP contribution in [0.4, 0.5) is 0 Å². The standard InChI is InChI=1S/C18H25NO/c1-12(2)15(11-19-13(3)4)10-17-14(5)20-18-9-7-6-8-16(17)18/h6-10,12-13,19H,11H2,1-5H3/b15-10-. The average molecular weight is 271 g/mol. The number of fused-ring (bicyclic) bond motifs is 1. The highest BCUT2D eigenvalue weighted by atomic mass is 16.3. The molecule has 0 aliphatic rings. The number of rotatable bonds is 5. The van der Waals surface area contributed by atoms with Crippen LogP contribution in [0.2, 0.25) is 0 Å². The predicted molar refractivity (Wildman–Crippen MR) is 86.9 cm³/mol. The van der Waals surface area contributed by atoms with Crippen molar-refractivity contribution in [2.75, 3.05) is 6.54 Å². The summed E-state index contributed by atoms with van der Waals surface area (Å²) in [6.45, 7) is 11.8. The van der Waals surface area contributed by atoms with Crippen LogP contribution in [0.5, 0.6) is 0 Å². The number of para-hydroxylation sites is 1. The van der Waals surface area contributed by atoms with E-state index >= 15 is 0 Å². The molecule has 2 rings (SSSR count). The van der Waals surface area contributed by atoms with Crippen LogP contribution in [0.25, 0.3) is 17.0 Å². The van der Waals surface area contributed by atoms with Gasteiger partial charge in [0.05, 0.1) is 0 Å². The summed E-state index contributed by atoms with van der Waals surface area (Å²) in [6, 6.07) is 8.74. The van der Waals surface area contributed by atoms with Gasteiger partial charge in [-0.25, -0.2) is 0 Å². The van der Waals surface area contributed by atoms with Gasteiger partial charge in [0, 0.05) is 23.5 Å². The Balaban J connectivity index is 2.40. The molecule has 0 radical (unpaired) electrons. The highest BCUT2D eigenvalue weighted by molar-refractivity contribution is 5.88. The monoisotopic (exact) mass is 271 g/mol. The summed E-state index contributed by atoms with van der Waals surface area (Å²) in [5.41, 5.74) is 3.60. The molecule has 2 aromatic rings. The molecule has 20 heavy (non-hydrogen) atoms. The third-order valence-corrected chi connectivity index (χ3v) is 3.61. The van der Waals surface area contributed by atoms with E-state index in [1.165, 1.54) is 16.5 Å². The second-order valence-corrected chi connectivity index (χ2v) is 5.98. The molecule has 0 amide bonds. The Labute approximate surface area is 121 Å². The number of furan rings is 1. The molecule has 0 atom stereocenters. The van der Waals surface area contributed by atoms with E-state index in [-0.39, 0.29) is 0 Å². The fraction of sp³-hybridized carbons (Fsp3) is 0.444. The second-order valence-electron chi connectivity index (χ2n) is 5.98. The molecule has 0 aliphatic heterocycles. The first-order valence-corrected chi connectivity index (χ1v) is 7.41. The van der Waals surface area contributed by atoms with Gasteiger partial charge < -0.3 is 9.73 Å². The van der Waals surface area contributed by atoms with Crippen LogP contribution < -0.4 is 5.32 Å². The van der Waals surface area contributed by atoms with Gasteiger partial charge in [0.2, 0.25) is 0 Å². The lowest BCUT2D eigenvalue weighted by Gasteiger charge is -2.15. The zero-order valence-corrected chi connectivity index (χ0v) is 13.2. The number of hydrogen-bond acceptors (Lipinski definition) is 2. The third-order valence-electron chi connectivity index (χ3n) is 3.61. The van der Waals surface area contributed by atoms with E-state index in [1.54, 1.807) is 0 Å². The Morgan fingerprint density at radius 3 is 2.55 bits per heavy atom. The van der Waals surface area contributed by atoms with E-state index in [2.05, 4.69) is 51.2 Å². The maximum Gasteiger partial charge on any atom is 0.134 e. The van der Waals surface area contributed by atoms with Crippen LogP contribution in [0.15, 0.2) is 34.3 Å². The van der Waals surface area contributed by atoms with Gasteiger partial charge in [-0.1, -0.05) is 57.5 Å². The zero-order chi connectivity index (χ0) is 14.7. The number of nitrogens with one attached hydrogen (secondary N) is 1. The van der Waals surface area contributed by atoms with Crippen LogP contribution in [0.3, 0.4) is 0 Å². The van der Waals surface area contributed by atoms with E-state index in [9.17, 15) is 0 Å². The highest BCUT2D eigenvalue weighted by Crippen LogP contribution is 2.28. The van der Waals surface area contributed by atoms with Gasteiger partial charge in [0.1, 0.15) is 11.3 Å². The maximum absolute atomic E-state index is 5.84. The first-order valence-electron chi connectivity index (χ1n) is 7.41. The molecule has 1 N–H and O–H groups in total. The molecule has 2 heteroatoms. The third kappa shape index (κ3) is 3.31. The van der Waals surface area contributed by atoms with Crippen LogP contribution in [0, 0.1) is 12.8 Å². The van der Waals surface area contributed by atoms with Crippen molar-refractivity contribution in [3.63, 3.8) is 0 Å². The van der Waals surface area contributed by atoms with Crippen LogP contribution in [-0.2, 0) is 0 Å². The number of benzene rings is 1. The van der Waals surface area contributed by atoms with Crippen molar-refractivity contribution >= 4 is 17.0 Å². The highest BCUT2D eigenvalue weighted by Gasteiger charge is 2.11. The van der Waals surface area contributed by atoms with Crippen molar-refractivity contribution in [2.24, 2.45) is 5.92 Å². The summed E-state index contributed by atoms with van der Waals surface area (Å²) >= 11 is 0. The normalized spacial score (nSPS) is 12.8. The van der Waals surface area contributed by atoms with Gasteiger partial charge >= 0.3 is 0 Å². The van der Waals surface area contributed by atoms with Gasteiger partial charge in [-0.2, -0.15) is 0 Å². The van der Waals surface area contributed by atoms with Crippen LogP contribution in [0.1, 0.15) is 39.0 Å². The molecule has 0 aliphatic carbocycles. The van der Waals surface area contributed by atoms with Crippen LogP contribution >= 0.6 is 0 Å². The molecule has 108 valence electrons. The van der Waals surface area contributed by atoms with Crippen molar-refractivity contribution in [3.05, 3.63) is 41.2 Å². The topological polar surface area (TPSA) is 25.2 Å². The Bertz CT molecular complexity index is 605. The van der Waals surface area contributed by atoms with E-state index in [1.807, 2.05) is 19.1 Å². The molecule has 1 aromatic carbocycles. The quantitative estimate of drug-likeness (QED) is 0.846. The molecule has 0 saturated heterocycles. The lowest BCUT2D eigenvalue weighted by Crippen LogP contribution is -2.26. The van der Waals surface area contributed by atoms with Gasteiger partial charge in [0.15, 0.2) is 0 Å². The predicted octanol–water partition coefficient (Wildman–Crippen LogP) is 4.78. The van der Waals surface area contributed by atoms with Gasteiger partial charge in [0.25, 0.3) is 0 Å². The summed E-state index contributed by atoms with van der Waals surface area (Å²) in [5.74, 6) is 1.52. The van der Waals surface area contributed by atoms with Crippen molar-refractivity contribution < 1.29 is 4.42 Å². The molecule has 2 nitrogen and oxygen atoms in total. The molecular formula is C18H25NO. The van der Waals surface area contributed by atoms with Gasteiger partial charge in [-0.05, 0) is 18.9 Å². The summed E-state index contributed by atoms with van der Waals surface area (Å²) in [6.07, 6.45) is 2.29. The van der Waals surface area contributed by atoms with Crippen molar-refractivity contribution in [2.45, 2.75) is 40.7 Å². The zero-order valence-electron chi connectivity index (χ0n) is 13.2. The smallest absolute Gasteiger partial charge is 0.134 e. The Kier molecular flexibility index (Phi) is 4.66. The van der Waals surface area contributed by atoms with E-state index in [4.69, 9.17) is 4.42 Å². The summed E-state index contributed by atoms with van der Waals surface area (Å²) in [4.78, 5) is 0. The summed E-state index contributed by atoms with van der Waals surface area (Å²) in [5, 5.41) is 4.71. The lowest BCUT2D eigenvalue weighted by atomic mass is 9.98. The largest absolute Gasteiger partial charge is 0.461 e. The fourth-order valence-electron chi connectivity index (χ4n) is 2.30. The lowest BCUT2D eigenvalue weighted by molar-refractivity contribution is 0.576. The van der Waals surface area contributed by atoms with Crippen molar-refractivity contribution in [1.82, 2.24) is 5.32 Å². The minimum absolute atomic E-state index is 0.499. The molecule has 1 heterocycles. The molecule has 0 unspecified atom stereocenters. The van der Waals surface area contributed by atoms with Crippen LogP contribution in [-0.4, -0.2) is 12.6 Å². The fourth-order valence-corrected chi connectivity index (χ4v) is 2.30. The minimum Gasteiger partial charge on any atom is -0.461 e. The Morgan fingerprint density at radius 1 is 1.20 bits per heavy atom. The number of aryl methyl sites for hydroxylation is 1. The first kappa shape index (κ1) is 14.9. The Hall–Kier alpha value is -1.54. The summed E-state index contributed by atoms with van der Waals surface area (Å²) < 4.78 is 5.84. The van der Waals surface area contributed by atoms with E-state index < -0.39 is 0 Å². The van der Waals surface area contributed by atoms with Crippen molar-refractivity contribution in [3.8, 4) is 0 Å². The minimum atomic E-state index is 0.499. The summed E-state index contributed by atoms with van der Waals surface area (Å²) in [7, 11) is 0. The number of hydrogen-bond donors (Lipinski definition) is 1. The second kappa shape index (κ2) is 6.27. The molecule has 0 bridgehead atoms. The molecular weight excluding hydrogens is 246 g/mol. The SMILES string of the molecule is Cc1oc2ccccc2c1/C=C(/CNC(C)C)C(C)C. The molecule has 0 saturated carbocycles. The maximum atomic E-state index is 5.84. The van der Waals surface area contributed by atoms with Crippen molar-refractivity contribution in [1.29, 1.82) is 0 Å². The first-order chi connectivity index (χ1) is 9.49. The van der Waals surface area contributed by atoms with E-state index in [0.717, 1.165) is 17.9 Å². The Morgan fingerprint density at radius 2 is 1.90 bits per heavy atom. The molecule has 0 fully saturated rings. The van der Waals surface area contributed by atoms with Gasteiger partial charge in [-0.3, -0.25) is 0 Å². The molecule has 1 aromatic heterocycles. The average Bonchev–Trinajstić information content (AvgIpc) is 2.70.